The van der Waals surface area contributed by atoms with Gasteiger partial charge in [0.05, 0.1) is 11.4 Å². The van der Waals surface area contributed by atoms with Crippen molar-refractivity contribution in [2.24, 2.45) is 21.5 Å². The summed E-state index contributed by atoms with van der Waals surface area (Å²) >= 11 is 3.11. The van der Waals surface area contributed by atoms with Crippen LogP contribution in [0.15, 0.2) is 82.8 Å². The van der Waals surface area contributed by atoms with Gasteiger partial charge in [-0.15, -0.1) is 0 Å². The van der Waals surface area contributed by atoms with E-state index in [-0.39, 0.29) is 0 Å². The Morgan fingerprint density at radius 2 is 1.03 bits per heavy atom. The topological polar surface area (TPSA) is 76.8 Å². The summed E-state index contributed by atoms with van der Waals surface area (Å²) in [5.41, 5.74) is 19.0. The van der Waals surface area contributed by atoms with Crippen molar-refractivity contribution >= 4 is 45.2 Å². The van der Waals surface area contributed by atoms with Gasteiger partial charge in [-0.25, -0.2) is 9.98 Å². The Labute approximate surface area is 186 Å². The Balaban J connectivity index is 1.61. The molecule has 0 amide bonds. The van der Waals surface area contributed by atoms with Crippen LogP contribution in [0.2, 0.25) is 0 Å². The van der Waals surface area contributed by atoms with Gasteiger partial charge in [-0.05, 0) is 60.4 Å². The van der Waals surface area contributed by atoms with Crippen molar-refractivity contribution in [3.63, 3.8) is 0 Å². The van der Waals surface area contributed by atoms with E-state index in [9.17, 15) is 0 Å². The molecule has 0 saturated carbocycles. The Morgan fingerprint density at radius 1 is 0.667 bits per heavy atom. The summed E-state index contributed by atoms with van der Waals surface area (Å²) in [7, 11) is 0. The number of hydrogen-bond acceptors (Lipinski definition) is 4. The van der Waals surface area contributed by atoms with Crippen LogP contribution in [0.5, 0.6) is 0 Å². The second kappa shape index (κ2) is 10.9. The first-order valence-corrected chi connectivity index (χ1v) is 11.6. The summed E-state index contributed by atoms with van der Waals surface area (Å²) in [6.45, 7) is 4.27. The summed E-state index contributed by atoms with van der Waals surface area (Å²) < 4.78 is 0. The monoisotopic (exact) mass is 434 g/mol. The largest absolute Gasteiger partial charge is 0.378 e. The highest BCUT2D eigenvalue weighted by Crippen LogP contribution is 2.25. The highest BCUT2D eigenvalue weighted by Gasteiger charge is 2.08. The summed E-state index contributed by atoms with van der Waals surface area (Å²) in [5.74, 6) is 1.58. The summed E-state index contributed by atoms with van der Waals surface area (Å²) in [6, 6.07) is 24.0. The average Bonchev–Trinajstić information content (AvgIpc) is 2.74. The van der Waals surface area contributed by atoms with E-state index in [1.807, 2.05) is 60.7 Å². The molecule has 0 atom stereocenters. The van der Waals surface area contributed by atoms with Crippen LogP contribution in [-0.2, 0) is 11.5 Å². The summed E-state index contributed by atoms with van der Waals surface area (Å²) in [6.07, 6.45) is 0. The number of rotatable bonds is 6. The van der Waals surface area contributed by atoms with Crippen molar-refractivity contribution in [3.05, 3.63) is 95.1 Å². The first-order chi connectivity index (χ1) is 14.5. The zero-order valence-electron chi connectivity index (χ0n) is 17.2. The molecule has 3 aromatic carbocycles. The molecule has 0 fully saturated rings. The molecule has 0 heterocycles. The van der Waals surface area contributed by atoms with Crippen LogP contribution >= 0.6 is 23.5 Å². The van der Waals surface area contributed by atoms with Crippen molar-refractivity contribution < 1.29 is 0 Å². The van der Waals surface area contributed by atoms with Crippen LogP contribution in [0, 0.1) is 13.8 Å². The Hall–Kier alpha value is -2.70. The summed E-state index contributed by atoms with van der Waals surface area (Å²) in [4.78, 5) is 8.91. The minimum Gasteiger partial charge on any atom is -0.378 e. The fourth-order valence-corrected chi connectivity index (χ4v) is 4.44. The fraction of sp³-hybridized carbons (Fsp3) is 0.167. The van der Waals surface area contributed by atoms with E-state index in [0.717, 1.165) is 22.9 Å². The standard InChI is InChI=1S/C24H26N4S2/c1-17-13-20(16-30-24(26)28-22-11-7-4-8-12-22)18(2)14-19(17)15-29-23(25)27-21-9-5-3-6-10-21/h3-14H,15-16H2,1-2H3,(H2,25,27)(H2,26,28). The van der Waals surface area contributed by atoms with Gasteiger partial charge >= 0.3 is 0 Å². The molecule has 30 heavy (non-hydrogen) atoms. The Bertz CT molecular complexity index is 947. The van der Waals surface area contributed by atoms with Crippen LogP contribution < -0.4 is 11.5 Å². The molecule has 0 bridgehead atoms. The highest BCUT2D eigenvalue weighted by atomic mass is 32.2. The molecule has 0 radical (unpaired) electrons. The zero-order valence-corrected chi connectivity index (χ0v) is 18.8. The zero-order chi connectivity index (χ0) is 21.3. The molecular formula is C24H26N4S2. The van der Waals surface area contributed by atoms with Crippen LogP contribution in [0.25, 0.3) is 0 Å². The number of aliphatic imine (C=N–C) groups is 2. The number of hydrogen-bond donors (Lipinski definition) is 2. The first kappa shape index (κ1) is 22.0. The third-order valence-electron chi connectivity index (χ3n) is 4.54. The van der Waals surface area contributed by atoms with E-state index >= 15 is 0 Å². The van der Waals surface area contributed by atoms with E-state index in [0.29, 0.717) is 10.3 Å². The van der Waals surface area contributed by atoms with Crippen molar-refractivity contribution in [2.75, 3.05) is 0 Å². The van der Waals surface area contributed by atoms with E-state index in [2.05, 4.69) is 36.0 Å². The van der Waals surface area contributed by atoms with Gasteiger partial charge in [0.15, 0.2) is 10.3 Å². The van der Waals surface area contributed by atoms with Crippen molar-refractivity contribution in [1.29, 1.82) is 0 Å². The van der Waals surface area contributed by atoms with Gasteiger partial charge in [-0.3, -0.25) is 0 Å². The predicted molar refractivity (Wildman–Crippen MR) is 134 cm³/mol. The lowest BCUT2D eigenvalue weighted by Crippen LogP contribution is -2.07. The maximum absolute atomic E-state index is 6.10. The molecule has 0 aliphatic rings. The second-order valence-electron chi connectivity index (χ2n) is 6.85. The molecule has 3 aromatic rings. The van der Waals surface area contributed by atoms with Gasteiger partial charge in [0, 0.05) is 11.5 Å². The number of para-hydroxylation sites is 2. The van der Waals surface area contributed by atoms with E-state index in [1.54, 1.807) is 23.5 Å². The third kappa shape index (κ3) is 6.68. The lowest BCUT2D eigenvalue weighted by atomic mass is 10.0. The van der Waals surface area contributed by atoms with Gasteiger partial charge in [0.1, 0.15) is 0 Å². The van der Waals surface area contributed by atoms with Crippen LogP contribution in [0.3, 0.4) is 0 Å². The number of nitrogens with two attached hydrogens (primary N) is 2. The van der Waals surface area contributed by atoms with Gasteiger partial charge < -0.3 is 11.5 Å². The highest BCUT2D eigenvalue weighted by molar-refractivity contribution is 8.13. The van der Waals surface area contributed by atoms with Gasteiger partial charge in [-0.1, -0.05) is 72.1 Å². The minimum atomic E-state index is 0.572. The van der Waals surface area contributed by atoms with Crippen LogP contribution in [0.4, 0.5) is 11.4 Å². The molecule has 4 nitrogen and oxygen atoms in total. The van der Waals surface area contributed by atoms with E-state index in [4.69, 9.17) is 11.5 Å². The fourth-order valence-electron chi connectivity index (χ4n) is 2.87. The number of amidine groups is 2. The smallest absolute Gasteiger partial charge is 0.159 e. The van der Waals surface area contributed by atoms with Crippen LogP contribution in [-0.4, -0.2) is 10.3 Å². The molecule has 154 valence electrons. The third-order valence-corrected chi connectivity index (χ3v) is 6.22. The summed E-state index contributed by atoms with van der Waals surface area (Å²) in [5, 5.41) is 1.14. The number of nitrogens with zero attached hydrogens (tertiary/aromatic N) is 2. The van der Waals surface area contributed by atoms with Crippen molar-refractivity contribution in [3.8, 4) is 0 Å². The van der Waals surface area contributed by atoms with Crippen molar-refractivity contribution in [1.82, 2.24) is 0 Å². The lowest BCUT2D eigenvalue weighted by molar-refractivity contribution is 1.22. The Morgan fingerprint density at radius 3 is 1.40 bits per heavy atom. The van der Waals surface area contributed by atoms with Crippen LogP contribution in [0.1, 0.15) is 22.3 Å². The Kier molecular flexibility index (Phi) is 7.99. The number of thioether (sulfide) groups is 2. The lowest BCUT2D eigenvalue weighted by Gasteiger charge is -2.12. The molecule has 4 N–H and O–H groups in total. The maximum atomic E-state index is 6.10. The SMILES string of the molecule is Cc1cc(CSC(N)=Nc2ccccc2)c(C)cc1CSC(N)=Nc1ccccc1. The minimum absolute atomic E-state index is 0.572. The van der Waals surface area contributed by atoms with Gasteiger partial charge in [0.25, 0.3) is 0 Å². The van der Waals surface area contributed by atoms with Gasteiger partial charge in [-0.2, -0.15) is 0 Å². The molecule has 3 rings (SSSR count). The molecule has 0 aliphatic heterocycles. The van der Waals surface area contributed by atoms with Gasteiger partial charge in [0.2, 0.25) is 0 Å². The number of aryl methyl sites for hydroxylation is 2. The molecule has 0 aliphatic carbocycles. The predicted octanol–water partition coefficient (Wildman–Crippen LogP) is 6.06. The van der Waals surface area contributed by atoms with E-state index in [1.165, 1.54) is 22.3 Å². The maximum Gasteiger partial charge on any atom is 0.159 e. The molecule has 0 unspecified atom stereocenters. The normalized spacial score (nSPS) is 12.2. The molecular weight excluding hydrogens is 408 g/mol. The molecule has 6 heteroatoms. The average molecular weight is 435 g/mol. The molecule has 0 saturated heterocycles. The number of benzene rings is 3. The molecule has 0 spiro atoms. The van der Waals surface area contributed by atoms with E-state index < -0.39 is 0 Å². The first-order valence-electron chi connectivity index (χ1n) is 9.64. The second-order valence-corrected chi connectivity index (χ2v) is 8.84. The quantitative estimate of drug-likeness (QED) is 0.365. The van der Waals surface area contributed by atoms with Crippen molar-refractivity contribution in [2.45, 2.75) is 25.4 Å². The molecule has 0 aromatic heterocycles.